The molecule has 0 aliphatic heterocycles. The number of hydrogen-bond acceptors (Lipinski definition) is 3. The average molecular weight is 288 g/mol. The van der Waals surface area contributed by atoms with Crippen molar-refractivity contribution in [2.45, 2.75) is 32.1 Å². The molecule has 0 bridgehead atoms. The molecule has 1 amide bonds. The predicted octanol–water partition coefficient (Wildman–Crippen LogP) is 3.69. The van der Waals surface area contributed by atoms with Gasteiger partial charge in [-0.05, 0) is 24.0 Å². The van der Waals surface area contributed by atoms with Crippen molar-refractivity contribution in [3.63, 3.8) is 0 Å². The third-order valence-electron chi connectivity index (χ3n) is 3.15. The van der Waals surface area contributed by atoms with Crippen LogP contribution in [0, 0.1) is 5.41 Å². The summed E-state index contributed by atoms with van der Waals surface area (Å²) in [6.07, 6.45) is 2.65. The molecule has 3 nitrogen and oxygen atoms in total. The van der Waals surface area contributed by atoms with E-state index in [1.165, 1.54) is 0 Å². The van der Waals surface area contributed by atoms with Crippen LogP contribution in [0.3, 0.4) is 0 Å². The number of carbonyl (C=O) groups is 1. The molecule has 0 saturated carbocycles. The molecule has 2 aromatic rings. The molecule has 0 unspecified atom stereocenters. The number of rotatable bonds is 3. The third-order valence-corrected chi connectivity index (χ3v) is 3.61. The summed E-state index contributed by atoms with van der Waals surface area (Å²) in [5.41, 5.74) is 1.55. The SMILES string of the molecule is CC(C)(C)CCNC(=O)c1ccc2cccnc2c1S. The Morgan fingerprint density at radius 3 is 2.75 bits per heavy atom. The Labute approximate surface area is 125 Å². The first kappa shape index (κ1) is 14.9. The fourth-order valence-electron chi connectivity index (χ4n) is 1.96. The van der Waals surface area contributed by atoms with Gasteiger partial charge in [-0.2, -0.15) is 0 Å². The monoisotopic (exact) mass is 288 g/mol. The smallest absolute Gasteiger partial charge is 0.252 e. The number of amides is 1. The first-order chi connectivity index (χ1) is 9.38. The minimum absolute atomic E-state index is 0.0909. The molecule has 0 atom stereocenters. The van der Waals surface area contributed by atoms with Gasteiger partial charge in [-0.15, -0.1) is 12.6 Å². The van der Waals surface area contributed by atoms with Crippen LogP contribution in [0.2, 0.25) is 0 Å². The Balaban J connectivity index is 2.16. The summed E-state index contributed by atoms with van der Waals surface area (Å²) in [5, 5.41) is 3.93. The van der Waals surface area contributed by atoms with Crippen molar-refractivity contribution in [3.05, 3.63) is 36.0 Å². The molecular formula is C16H20N2OS. The molecule has 20 heavy (non-hydrogen) atoms. The highest BCUT2D eigenvalue weighted by Gasteiger charge is 2.14. The Kier molecular flexibility index (Phi) is 4.33. The van der Waals surface area contributed by atoms with Gasteiger partial charge in [0.1, 0.15) is 0 Å². The Bertz CT molecular complexity index is 632. The van der Waals surface area contributed by atoms with E-state index in [0.717, 1.165) is 17.3 Å². The van der Waals surface area contributed by atoms with E-state index in [1.54, 1.807) is 12.3 Å². The van der Waals surface area contributed by atoms with E-state index in [1.807, 2.05) is 18.2 Å². The lowest BCUT2D eigenvalue weighted by Gasteiger charge is -2.18. The molecule has 1 N–H and O–H groups in total. The van der Waals surface area contributed by atoms with Gasteiger partial charge in [0.2, 0.25) is 0 Å². The second-order valence-corrected chi connectivity index (χ2v) is 6.55. The first-order valence-electron chi connectivity index (χ1n) is 6.73. The highest BCUT2D eigenvalue weighted by atomic mass is 32.1. The molecule has 2 rings (SSSR count). The van der Waals surface area contributed by atoms with Gasteiger partial charge in [-0.25, -0.2) is 0 Å². The number of nitrogens with zero attached hydrogens (tertiary/aromatic N) is 1. The summed E-state index contributed by atoms with van der Waals surface area (Å²) >= 11 is 4.46. The van der Waals surface area contributed by atoms with Crippen LogP contribution in [0.5, 0.6) is 0 Å². The quantitative estimate of drug-likeness (QED) is 0.846. The first-order valence-corrected chi connectivity index (χ1v) is 7.18. The Morgan fingerprint density at radius 2 is 2.05 bits per heavy atom. The Morgan fingerprint density at radius 1 is 1.30 bits per heavy atom. The van der Waals surface area contributed by atoms with Gasteiger partial charge < -0.3 is 5.32 Å². The minimum atomic E-state index is -0.0909. The van der Waals surface area contributed by atoms with Crippen LogP contribution >= 0.6 is 12.6 Å². The Hall–Kier alpha value is -1.55. The number of carbonyl (C=O) groups excluding carboxylic acids is 1. The lowest BCUT2D eigenvalue weighted by Crippen LogP contribution is -2.27. The molecule has 0 radical (unpaired) electrons. The summed E-state index contributed by atoms with van der Waals surface area (Å²) in [6, 6.07) is 7.54. The molecule has 0 fully saturated rings. The number of thiol groups is 1. The molecular weight excluding hydrogens is 268 g/mol. The van der Waals surface area contributed by atoms with Crippen molar-refractivity contribution in [2.24, 2.45) is 5.41 Å². The number of fused-ring (bicyclic) bond motifs is 1. The number of nitrogens with one attached hydrogen (secondary N) is 1. The second kappa shape index (κ2) is 5.83. The van der Waals surface area contributed by atoms with E-state index >= 15 is 0 Å². The van der Waals surface area contributed by atoms with Gasteiger partial charge in [0.25, 0.3) is 5.91 Å². The second-order valence-electron chi connectivity index (χ2n) is 6.10. The van der Waals surface area contributed by atoms with Crippen molar-refractivity contribution < 1.29 is 4.79 Å². The van der Waals surface area contributed by atoms with Gasteiger partial charge in [-0.1, -0.05) is 32.9 Å². The maximum absolute atomic E-state index is 12.2. The van der Waals surface area contributed by atoms with Crippen LogP contribution in [0.4, 0.5) is 0 Å². The topological polar surface area (TPSA) is 42.0 Å². The summed E-state index contributed by atoms with van der Waals surface area (Å²) in [5.74, 6) is -0.0909. The van der Waals surface area contributed by atoms with Crippen LogP contribution < -0.4 is 5.32 Å². The maximum atomic E-state index is 12.2. The van der Waals surface area contributed by atoms with Crippen molar-refractivity contribution in [2.75, 3.05) is 6.54 Å². The van der Waals surface area contributed by atoms with Crippen molar-refractivity contribution in [1.29, 1.82) is 0 Å². The van der Waals surface area contributed by atoms with E-state index in [0.29, 0.717) is 17.0 Å². The maximum Gasteiger partial charge on any atom is 0.252 e. The van der Waals surface area contributed by atoms with Gasteiger partial charge in [-0.3, -0.25) is 9.78 Å². The van der Waals surface area contributed by atoms with Crippen LogP contribution in [-0.4, -0.2) is 17.4 Å². The molecule has 1 aromatic carbocycles. The van der Waals surface area contributed by atoms with Gasteiger partial charge in [0.05, 0.1) is 11.1 Å². The normalized spacial score (nSPS) is 11.6. The number of benzene rings is 1. The largest absolute Gasteiger partial charge is 0.352 e. The van der Waals surface area contributed by atoms with Gasteiger partial charge >= 0.3 is 0 Å². The van der Waals surface area contributed by atoms with Crippen molar-refractivity contribution in [1.82, 2.24) is 10.3 Å². The lowest BCUT2D eigenvalue weighted by molar-refractivity contribution is 0.0947. The average Bonchev–Trinajstić information content (AvgIpc) is 2.38. The standard InChI is InChI=1S/C16H20N2OS/c1-16(2,3)8-10-18-15(19)12-7-6-11-5-4-9-17-13(11)14(12)20/h4-7,9,20H,8,10H2,1-3H3,(H,18,19). The molecule has 0 saturated heterocycles. The fraction of sp³-hybridized carbons (Fsp3) is 0.375. The number of aromatic nitrogens is 1. The van der Waals surface area contributed by atoms with E-state index in [2.05, 4.69) is 43.7 Å². The van der Waals surface area contributed by atoms with Crippen LogP contribution in [0.25, 0.3) is 10.9 Å². The van der Waals surface area contributed by atoms with Crippen LogP contribution in [-0.2, 0) is 0 Å². The lowest BCUT2D eigenvalue weighted by atomic mass is 9.92. The number of hydrogen-bond donors (Lipinski definition) is 2. The van der Waals surface area contributed by atoms with Gasteiger partial charge in [0, 0.05) is 23.0 Å². The van der Waals surface area contributed by atoms with Gasteiger partial charge in [0.15, 0.2) is 0 Å². The highest BCUT2D eigenvalue weighted by molar-refractivity contribution is 7.80. The van der Waals surface area contributed by atoms with Crippen molar-refractivity contribution >= 4 is 29.4 Å². The molecule has 0 aliphatic rings. The van der Waals surface area contributed by atoms with E-state index in [4.69, 9.17) is 0 Å². The van der Waals surface area contributed by atoms with Crippen LogP contribution in [0.1, 0.15) is 37.6 Å². The zero-order valence-corrected chi connectivity index (χ0v) is 13.0. The van der Waals surface area contributed by atoms with E-state index < -0.39 is 0 Å². The zero-order valence-electron chi connectivity index (χ0n) is 12.1. The summed E-state index contributed by atoms with van der Waals surface area (Å²) in [7, 11) is 0. The summed E-state index contributed by atoms with van der Waals surface area (Å²) < 4.78 is 0. The molecule has 0 spiro atoms. The molecule has 106 valence electrons. The minimum Gasteiger partial charge on any atom is -0.352 e. The van der Waals surface area contributed by atoms with Crippen molar-refractivity contribution in [3.8, 4) is 0 Å². The fourth-order valence-corrected chi connectivity index (χ4v) is 2.32. The molecule has 0 aliphatic carbocycles. The molecule has 4 heteroatoms. The molecule has 1 aromatic heterocycles. The zero-order chi connectivity index (χ0) is 14.8. The van der Waals surface area contributed by atoms with Crippen LogP contribution in [0.15, 0.2) is 35.4 Å². The third kappa shape index (κ3) is 3.51. The number of pyridine rings is 1. The summed E-state index contributed by atoms with van der Waals surface area (Å²) in [4.78, 5) is 17.1. The summed E-state index contributed by atoms with van der Waals surface area (Å²) in [6.45, 7) is 7.13. The van der Waals surface area contributed by atoms with E-state index in [-0.39, 0.29) is 11.3 Å². The highest BCUT2D eigenvalue weighted by Crippen LogP contribution is 2.24. The van der Waals surface area contributed by atoms with E-state index in [9.17, 15) is 4.79 Å². The predicted molar refractivity (Wildman–Crippen MR) is 85.4 cm³/mol. The molecule has 1 heterocycles.